The first-order valence-corrected chi connectivity index (χ1v) is 12.6. The second-order valence-electron chi connectivity index (χ2n) is 7.25. The van der Waals surface area contributed by atoms with Crippen LogP contribution >= 0.6 is 0 Å². The summed E-state index contributed by atoms with van der Waals surface area (Å²) in [6.45, 7) is 0. The van der Waals surface area contributed by atoms with Crippen molar-refractivity contribution in [2.24, 2.45) is 0 Å². The molecule has 2 N–H and O–H groups in total. The first-order valence-electron chi connectivity index (χ1n) is 9.76. The van der Waals surface area contributed by atoms with E-state index in [0.717, 1.165) is 8.61 Å². The third-order valence-corrected chi connectivity index (χ3v) is 7.97. The van der Waals surface area contributed by atoms with E-state index in [0.29, 0.717) is 22.6 Å². The monoisotopic (exact) mass is 488 g/mol. The summed E-state index contributed by atoms with van der Waals surface area (Å²) in [7, 11) is -3.11. The maximum absolute atomic E-state index is 12.5. The van der Waals surface area contributed by atoms with Crippen LogP contribution in [0.4, 0.5) is 17.1 Å². The van der Waals surface area contributed by atoms with E-state index < -0.39 is 26.1 Å². The van der Waals surface area contributed by atoms with Crippen molar-refractivity contribution in [3.8, 4) is 0 Å². The first-order chi connectivity index (χ1) is 15.5. The molecule has 3 aromatic rings. The Morgan fingerprint density at radius 2 is 1.30 bits per heavy atom. The van der Waals surface area contributed by atoms with Gasteiger partial charge in [-0.25, -0.2) is 8.42 Å². The minimum Gasteiger partial charge on any atom is -0.322 e. The van der Waals surface area contributed by atoms with Crippen molar-refractivity contribution in [1.29, 1.82) is 0 Å². The minimum absolute atomic E-state index is 0.0545. The molecule has 0 atom stereocenters. The van der Waals surface area contributed by atoms with Crippen molar-refractivity contribution < 1.29 is 21.6 Å². The summed E-state index contributed by atoms with van der Waals surface area (Å²) < 4.78 is 54.1. The van der Waals surface area contributed by atoms with E-state index in [2.05, 4.69) is 10.0 Å². The van der Waals surface area contributed by atoms with E-state index in [4.69, 9.17) is 0 Å². The fourth-order valence-electron chi connectivity index (χ4n) is 2.84. The Morgan fingerprint density at radius 3 is 1.85 bits per heavy atom. The number of carbonyl (C=O) groups is 1. The number of hydrogen-bond acceptors (Lipinski definition) is 5. The fraction of sp³-hybridized carbons (Fsp3) is 0.136. The van der Waals surface area contributed by atoms with Gasteiger partial charge in [0.2, 0.25) is 0 Å². The van der Waals surface area contributed by atoms with E-state index >= 15 is 0 Å². The third kappa shape index (κ3) is 5.69. The van der Waals surface area contributed by atoms with Crippen LogP contribution in [-0.4, -0.2) is 48.2 Å². The van der Waals surface area contributed by atoms with Crippen molar-refractivity contribution in [2.75, 3.05) is 35.5 Å². The third-order valence-electron chi connectivity index (χ3n) is 4.75. The molecule has 0 aliphatic carbocycles. The summed E-state index contributed by atoms with van der Waals surface area (Å²) in [5.74, 6) is -0.419. The summed E-state index contributed by atoms with van der Waals surface area (Å²) >= 11 is 0. The van der Waals surface area contributed by atoms with Gasteiger partial charge in [-0.2, -0.15) is 12.7 Å². The molecule has 33 heavy (non-hydrogen) atoms. The molecule has 9 nitrogen and oxygen atoms in total. The van der Waals surface area contributed by atoms with Crippen LogP contribution in [-0.2, 0) is 20.2 Å². The molecule has 3 aromatic carbocycles. The zero-order chi connectivity index (χ0) is 24.2. The topological polar surface area (TPSA) is 116 Å². The standard InChI is InChI=1S/C22H24N4O5S2/c1-25(2)33(30,31)26(3)20-13-9-17(10-14-20)22(27)23-18-11-15-21(16-12-18)32(28,29)24-19-7-5-4-6-8-19/h4-16,24H,1-3H3,(H,23,27). The van der Waals surface area contributed by atoms with Crippen LogP contribution in [0.1, 0.15) is 10.4 Å². The van der Waals surface area contributed by atoms with E-state index in [9.17, 15) is 21.6 Å². The molecule has 0 aliphatic heterocycles. The quantitative estimate of drug-likeness (QED) is 0.506. The van der Waals surface area contributed by atoms with E-state index in [1.54, 1.807) is 30.3 Å². The van der Waals surface area contributed by atoms with Gasteiger partial charge in [-0.15, -0.1) is 0 Å². The van der Waals surface area contributed by atoms with Crippen LogP contribution in [0.25, 0.3) is 0 Å². The van der Waals surface area contributed by atoms with E-state index in [-0.39, 0.29) is 4.90 Å². The van der Waals surface area contributed by atoms with Crippen molar-refractivity contribution >= 4 is 43.2 Å². The van der Waals surface area contributed by atoms with E-state index in [1.807, 2.05) is 0 Å². The van der Waals surface area contributed by atoms with Crippen LogP contribution in [0.15, 0.2) is 83.8 Å². The lowest BCUT2D eigenvalue weighted by Gasteiger charge is -2.23. The van der Waals surface area contributed by atoms with Crippen LogP contribution < -0.4 is 14.3 Å². The number of para-hydroxylation sites is 1. The van der Waals surface area contributed by atoms with Gasteiger partial charge < -0.3 is 5.32 Å². The number of hydrogen-bond donors (Lipinski definition) is 2. The predicted octanol–water partition coefficient (Wildman–Crippen LogP) is 2.98. The summed E-state index contributed by atoms with van der Waals surface area (Å²) in [5, 5.41) is 2.69. The highest BCUT2D eigenvalue weighted by Gasteiger charge is 2.21. The van der Waals surface area contributed by atoms with Crippen molar-refractivity contribution in [3.63, 3.8) is 0 Å². The lowest BCUT2D eigenvalue weighted by molar-refractivity contribution is 0.102. The van der Waals surface area contributed by atoms with Crippen LogP contribution in [0.5, 0.6) is 0 Å². The first kappa shape index (κ1) is 24.2. The highest BCUT2D eigenvalue weighted by Crippen LogP contribution is 2.21. The van der Waals surface area contributed by atoms with Gasteiger partial charge in [-0.3, -0.25) is 13.8 Å². The SMILES string of the molecule is CN(C)S(=O)(=O)N(C)c1ccc(C(=O)Nc2ccc(S(=O)(=O)Nc3ccccc3)cc2)cc1. The van der Waals surface area contributed by atoms with Crippen LogP contribution in [0, 0.1) is 0 Å². The molecule has 0 aliphatic rings. The molecule has 0 heterocycles. The molecule has 0 saturated carbocycles. The Hall–Kier alpha value is -3.41. The zero-order valence-corrected chi connectivity index (χ0v) is 19.9. The Balaban J connectivity index is 1.68. The number of sulfonamides is 1. The zero-order valence-electron chi connectivity index (χ0n) is 18.3. The molecule has 0 saturated heterocycles. The Morgan fingerprint density at radius 1 is 0.727 bits per heavy atom. The van der Waals surface area contributed by atoms with Gasteiger partial charge >= 0.3 is 10.2 Å². The molecule has 0 spiro atoms. The Kier molecular flexibility index (Phi) is 7.06. The summed E-state index contributed by atoms with van der Waals surface area (Å²) in [6.07, 6.45) is 0. The Bertz CT molecular complexity index is 1320. The molecule has 0 fully saturated rings. The summed E-state index contributed by atoms with van der Waals surface area (Å²) in [6, 6.07) is 20.4. The summed E-state index contributed by atoms with van der Waals surface area (Å²) in [5.41, 5.74) is 1.58. The van der Waals surface area contributed by atoms with Gasteiger partial charge in [0.05, 0.1) is 10.6 Å². The van der Waals surface area contributed by atoms with Crippen molar-refractivity contribution in [2.45, 2.75) is 4.90 Å². The molecule has 174 valence electrons. The lowest BCUT2D eigenvalue weighted by Crippen LogP contribution is -2.37. The molecule has 3 rings (SSSR count). The average Bonchev–Trinajstić information content (AvgIpc) is 2.79. The molecule has 0 aromatic heterocycles. The predicted molar refractivity (Wildman–Crippen MR) is 129 cm³/mol. The van der Waals surface area contributed by atoms with Crippen LogP contribution in [0.2, 0.25) is 0 Å². The summed E-state index contributed by atoms with van der Waals surface area (Å²) in [4.78, 5) is 12.6. The van der Waals surface area contributed by atoms with Gasteiger partial charge in [-0.1, -0.05) is 18.2 Å². The number of anilines is 3. The number of nitrogens with zero attached hydrogens (tertiary/aromatic N) is 2. The van der Waals surface area contributed by atoms with Crippen molar-refractivity contribution in [3.05, 3.63) is 84.4 Å². The number of nitrogens with one attached hydrogen (secondary N) is 2. The molecule has 1 amide bonds. The highest BCUT2D eigenvalue weighted by atomic mass is 32.2. The van der Waals surface area contributed by atoms with Gasteiger partial charge in [0.25, 0.3) is 15.9 Å². The second kappa shape index (κ2) is 9.61. The van der Waals surface area contributed by atoms with Gasteiger partial charge in [0.15, 0.2) is 0 Å². The smallest absolute Gasteiger partial charge is 0.303 e. The number of rotatable bonds is 8. The molecule has 0 radical (unpaired) electrons. The van der Waals surface area contributed by atoms with Gasteiger partial charge in [0, 0.05) is 38.1 Å². The normalized spacial score (nSPS) is 11.8. The number of amides is 1. The molecular weight excluding hydrogens is 464 g/mol. The van der Waals surface area contributed by atoms with Crippen molar-refractivity contribution in [1.82, 2.24) is 4.31 Å². The maximum Gasteiger partial charge on any atom is 0.303 e. The fourth-order valence-corrected chi connectivity index (χ4v) is 4.78. The van der Waals surface area contributed by atoms with E-state index in [1.165, 1.54) is 69.7 Å². The molecule has 0 unspecified atom stereocenters. The lowest BCUT2D eigenvalue weighted by atomic mass is 10.2. The average molecular weight is 489 g/mol. The minimum atomic E-state index is -3.76. The maximum atomic E-state index is 12.5. The highest BCUT2D eigenvalue weighted by molar-refractivity contribution is 7.92. The largest absolute Gasteiger partial charge is 0.322 e. The van der Waals surface area contributed by atoms with Gasteiger partial charge in [-0.05, 0) is 60.7 Å². The number of carbonyl (C=O) groups excluding carboxylic acids is 1. The molecule has 11 heteroatoms. The second-order valence-corrected chi connectivity index (χ2v) is 11.1. The molecular formula is C22H24N4O5S2. The molecule has 0 bridgehead atoms. The van der Waals surface area contributed by atoms with Gasteiger partial charge in [0.1, 0.15) is 0 Å². The van der Waals surface area contributed by atoms with Crippen LogP contribution in [0.3, 0.4) is 0 Å². The number of benzene rings is 3. The Labute approximate surface area is 193 Å².